The monoisotopic (exact) mass is 460 g/mol. The molecule has 0 aromatic heterocycles. The lowest BCUT2D eigenvalue weighted by molar-refractivity contribution is -0.173. The summed E-state index contributed by atoms with van der Waals surface area (Å²) in [7, 11) is 2.79. The summed E-state index contributed by atoms with van der Waals surface area (Å²) in [5.74, 6) is -2.78. The van der Waals surface area contributed by atoms with Gasteiger partial charge >= 0.3 is 17.9 Å². The summed E-state index contributed by atoms with van der Waals surface area (Å²) in [5, 5.41) is 0. The van der Waals surface area contributed by atoms with Crippen molar-refractivity contribution >= 4 is 23.7 Å². The van der Waals surface area contributed by atoms with Crippen molar-refractivity contribution in [2.75, 3.05) is 34.2 Å². The summed E-state index contributed by atoms with van der Waals surface area (Å²) in [4.78, 5) is 49.0. The molecule has 0 aromatic carbocycles. The van der Waals surface area contributed by atoms with Gasteiger partial charge in [-0.05, 0) is 26.8 Å². The van der Waals surface area contributed by atoms with Crippen LogP contribution in [0, 0.1) is 0 Å². The van der Waals surface area contributed by atoms with Gasteiger partial charge in [0.1, 0.15) is 25.1 Å². The number of carbonyl (C=O) groups excluding carboxylic acids is 4. The highest BCUT2D eigenvalue weighted by Gasteiger charge is 2.30. The van der Waals surface area contributed by atoms with Crippen LogP contribution in [-0.2, 0) is 52.3 Å². The Morgan fingerprint density at radius 1 is 0.969 bits per heavy atom. The highest BCUT2D eigenvalue weighted by molar-refractivity contribution is 5.90. The van der Waals surface area contributed by atoms with Gasteiger partial charge in [-0.1, -0.05) is 0 Å². The van der Waals surface area contributed by atoms with Crippen LogP contribution in [0.25, 0.3) is 0 Å². The molecule has 0 amide bonds. The van der Waals surface area contributed by atoms with Crippen LogP contribution in [0.15, 0.2) is 12.2 Å². The van der Waals surface area contributed by atoms with Gasteiger partial charge in [0.25, 0.3) is 0 Å². The van der Waals surface area contributed by atoms with Gasteiger partial charge < -0.3 is 33.2 Å². The van der Waals surface area contributed by atoms with Crippen molar-refractivity contribution in [3.05, 3.63) is 12.2 Å². The van der Waals surface area contributed by atoms with E-state index in [1.54, 1.807) is 6.92 Å². The Bertz CT molecular complexity index is 660. The average molecular weight is 460 g/mol. The lowest BCUT2D eigenvalue weighted by Gasteiger charge is -2.24. The number of rotatable bonds is 7. The zero-order chi connectivity index (χ0) is 24.1. The van der Waals surface area contributed by atoms with Gasteiger partial charge in [-0.15, -0.1) is 0 Å². The second kappa shape index (κ2) is 14.7. The summed E-state index contributed by atoms with van der Waals surface area (Å²) >= 11 is 0. The first-order valence-electron chi connectivity index (χ1n) is 10.2. The van der Waals surface area contributed by atoms with Crippen LogP contribution in [0.1, 0.15) is 33.6 Å². The maximum Gasteiger partial charge on any atom is 0.336 e. The first-order chi connectivity index (χ1) is 15.2. The van der Waals surface area contributed by atoms with Crippen molar-refractivity contribution in [2.45, 2.75) is 64.1 Å². The lowest BCUT2D eigenvalue weighted by Crippen LogP contribution is -2.38. The van der Waals surface area contributed by atoms with Crippen LogP contribution < -0.4 is 0 Å². The fourth-order valence-corrected chi connectivity index (χ4v) is 2.61. The number of hydrogen-bond acceptors (Lipinski definition) is 11. The number of esters is 3. The molecule has 0 unspecified atom stereocenters. The van der Waals surface area contributed by atoms with Crippen LogP contribution >= 0.6 is 0 Å². The van der Waals surface area contributed by atoms with Gasteiger partial charge in [-0.25, -0.2) is 9.59 Å². The third-order valence-electron chi connectivity index (χ3n) is 4.43. The van der Waals surface area contributed by atoms with Crippen LogP contribution in [-0.4, -0.2) is 88.4 Å². The van der Waals surface area contributed by atoms with E-state index in [1.165, 1.54) is 34.1 Å². The molecule has 11 heteroatoms. The minimum atomic E-state index is -1.20. The molecule has 0 radical (unpaired) electrons. The topological polar surface area (TPSA) is 133 Å². The smallest absolute Gasteiger partial charge is 0.336 e. The number of ether oxygens (including phenoxy) is 7. The first kappa shape index (κ1) is 27.7. The molecule has 0 N–H and O–H groups in total. The third-order valence-corrected chi connectivity index (χ3v) is 4.43. The van der Waals surface area contributed by atoms with Gasteiger partial charge in [0.2, 0.25) is 0 Å². The molecule has 5 atom stereocenters. The molecule has 0 aromatic rings. The minimum Gasteiger partial charge on any atom is -0.459 e. The number of cyclic esters (lactones) is 3. The Labute approximate surface area is 187 Å². The molecular formula is C21H32O11. The summed E-state index contributed by atoms with van der Waals surface area (Å²) in [6, 6.07) is 0. The van der Waals surface area contributed by atoms with Crippen LogP contribution in [0.2, 0.25) is 0 Å². The Morgan fingerprint density at radius 2 is 1.69 bits per heavy atom. The van der Waals surface area contributed by atoms with E-state index in [9.17, 15) is 19.2 Å². The van der Waals surface area contributed by atoms with E-state index in [2.05, 4.69) is 0 Å². The van der Waals surface area contributed by atoms with Gasteiger partial charge in [0, 0.05) is 26.7 Å². The molecule has 1 heterocycles. The van der Waals surface area contributed by atoms with E-state index in [-0.39, 0.29) is 26.2 Å². The molecule has 0 aliphatic carbocycles. The van der Waals surface area contributed by atoms with Crippen molar-refractivity contribution in [3.63, 3.8) is 0 Å². The zero-order valence-electron chi connectivity index (χ0n) is 19.1. The number of hydrogen-bond donors (Lipinski definition) is 0. The van der Waals surface area contributed by atoms with E-state index in [1.807, 2.05) is 0 Å². The van der Waals surface area contributed by atoms with Gasteiger partial charge in [0.05, 0.1) is 19.6 Å². The summed E-state index contributed by atoms with van der Waals surface area (Å²) < 4.78 is 36.4. The Kier molecular flexibility index (Phi) is 12.7. The normalized spacial score (nSPS) is 29.7. The summed E-state index contributed by atoms with van der Waals surface area (Å²) in [5.41, 5.74) is 0. The molecule has 182 valence electrons. The van der Waals surface area contributed by atoms with Crippen LogP contribution in [0.5, 0.6) is 0 Å². The molecule has 0 saturated heterocycles. The van der Waals surface area contributed by atoms with Gasteiger partial charge in [0.15, 0.2) is 18.0 Å². The average Bonchev–Trinajstić information content (AvgIpc) is 2.72. The molecule has 0 spiro atoms. The van der Waals surface area contributed by atoms with E-state index in [0.717, 1.165) is 6.08 Å². The molecule has 1 aliphatic heterocycles. The maximum absolute atomic E-state index is 12.5. The SMILES string of the molecule is COCCOCO[C@@H]1/C=C/C(=O)O[C@@H](C)CC(=O)O[C@@H](C)C(=O)C[C@H](OC)C(=O)O[C@H]1C. The Hall–Kier alpha value is -2.34. The van der Waals surface area contributed by atoms with Gasteiger partial charge in [-0.2, -0.15) is 0 Å². The van der Waals surface area contributed by atoms with Crippen molar-refractivity contribution in [1.29, 1.82) is 0 Å². The molecule has 1 rings (SSSR count). The molecule has 0 bridgehead atoms. The van der Waals surface area contributed by atoms with E-state index < -0.39 is 54.2 Å². The molecular weight excluding hydrogens is 428 g/mol. The predicted octanol–water partition coefficient (Wildman–Crippen LogP) is 0.721. The van der Waals surface area contributed by atoms with E-state index in [4.69, 9.17) is 33.2 Å². The third kappa shape index (κ3) is 10.3. The molecule has 11 nitrogen and oxygen atoms in total. The second-order valence-corrected chi connectivity index (χ2v) is 7.13. The minimum absolute atomic E-state index is 0.152. The van der Waals surface area contributed by atoms with Crippen LogP contribution in [0.4, 0.5) is 0 Å². The highest BCUT2D eigenvalue weighted by Crippen LogP contribution is 2.13. The molecule has 0 saturated carbocycles. The maximum atomic E-state index is 12.5. The molecule has 32 heavy (non-hydrogen) atoms. The fourth-order valence-electron chi connectivity index (χ4n) is 2.61. The van der Waals surface area contributed by atoms with Crippen molar-refractivity contribution in [3.8, 4) is 0 Å². The quantitative estimate of drug-likeness (QED) is 0.230. The summed E-state index contributed by atoms with van der Waals surface area (Å²) in [6.07, 6.45) is -2.94. The zero-order valence-corrected chi connectivity index (χ0v) is 19.1. The van der Waals surface area contributed by atoms with Crippen molar-refractivity contribution in [2.24, 2.45) is 0 Å². The van der Waals surface area contributed by atoms with Crippen molar-refractivity contribution in [1.82, 2.24) is 0 Å². The number of ketones is 1. The molecule has 0 fully saturated rings. The van der Waals surface area contributed by atoms with Gasteiger partial charge in [-0.3, -0.25) is 9.59 Å². The summed E-state index contributed by atoms with van der Waals surface area (Å²) in [6.45, 7) is 4.95. The molecule has 1 aliphatic rings. The van der Waals surface area contributed by atoms with Crippen molar-refractivity contribution < 1.29 is 52.3 Å². The number of carbonyl (C=O) groups is 4. The Morgan fingerprint density at radius 3 is 2.34 bits per heavy atom. The van der Waals surface area contributed by atoms with Crippen LogP contribution in [0.3, 0.4) is 0 Å². The predicted molar refractivity (Wildman–Crippen MR) is 108 cm³/mol. The number of Topliss-reactive ketones (excluding diaryl/α,β-unsaturated/α-hetero) is 1. The Balaban J connectivity index is 3.01. The lowest BCUT2D eigenvalue weighted by atomic mass is 10.1. The van der Waals surface area contributed by atoms with E-state index >= 15 is 0 Å². The standard InChI is InChI=1S/C21H32O11/c1-13-10-20(24)31-14(2)16(22)11-18(27-5)21(25)32-15(3)17(6-7-19(23)30-13)29-12-28-9-8-26-4/h6-7,13-15,17-18H,8-12H2,1-5H3/b7-6+/t13-,14-,15-,17+,18-/m0/s1. The second-order valence-electron chi connectivity index (χ2n) is 7.13. The highest BCUT2D eigenvalue weighted by atomic mass is 16.7. The number of methoxy groups -OCH3 is 2. The van der Waals surface area contributed by atoms with E-state index in [0.29, 0.717) is 6.61 Å². The largest absolute Gasteiger partial charge is 0.459 e. The first-order valence-corrected chi connectivity index (χ1v) is 10.2. The fraction of sp³-hybridized carbons (Fsp3) is 0.714.